The number of anilines is 2. The lowest BCUT2D eigenvalue weighted by molar-refractivity contribution is 0.598. The third-order valence-corrected chi connectivity index (χ3v) is 5.04. The maximum Gasteiger partial charge on any atom is 0.279 e. The van der Waals surface area contributed by atoms with Gasteiger partial charge in [-0.05, 0) is 44.0 Å². The van der Waals surface area contributed by atoms with Crippen molar-refractivity contribution in [2.45, 2.75) is 18.4 Å². The highest BCUT2D eigenvalue weighted by Crippen LogP contribution is 2.34. The molecule has 1 aromatic heterocycles. The second-order valence-electron chi connectivity index (χ2n) is 4.01. The molecule has 4 N–H and O–H groups in total. The first kappa shape index (κ1) is 15.3. The van der Waals surface area contributed by atoms with Gasteiger partial charge in [0.15, 0.2) is 5.03 Å². The lowest BCUT2D eigenvalue weighted by Crippen LogP contribution is -2.14. The summed E-state index contributed by atoms with van der Waals surface area (Å²) in [6.07, 6.45) is 1.92. The molecule has 0 amide bonds. The van der Waals surface area contributed by atoms with E-state index in [1.165, 1.54) is 6.20 Å². The van der Waals surface area contributed by atoms with Gasteiger partial charge in [-0.25, -0.2) is 4.98 Å². The number of hydrogen-bond donors (Lipinski definition) is 3. The van der Waals surface area contributed by atoms with E-state index in [1.807, 2.05) is 6.92 Å². The molecule has 6 nitrogen and oxygen atoms in total. The minimum Gasteiger partial charge on any atom is -0.399 e. The molecule has 9 heteroatoms. The van der Waals surface area contributed by atoms with E-state index in [9.17, 15) is 8.42 Å². The van der Waals surface area contributed by atoms with E-state index in [2.05, 4.69) is 46.5 Å². The summed E-state index contributed by atoms with van der Waals surface area (Å²) in [5.41, 5.74) is 6.57. The number of sulfonamides is 1. The zero-order chi connectivity index (χ0) is 14.9. The van der Waals surface area contributed by atoms with Gasteiger partial charge in [0.2, 0.25) is 0 Å². The van der Waals surface area contributed by atoms with E-state index < -0.39 is 10.0 Å². The van der Waals surface area contributed by atoms with Gasteiger partial charge >= 0.3 is 0 Å². The minimum absolute atomic E-state index is 0.0185. The summed E-state index contributed by atoms with van der Waals surface area (Å²) >= 11 is 6.56. The van der Waals surface area contributed by atoms with E-state index in [-0.39, 0.29) is 5.03 Å². The number of nitrogens with two attached hydrogens (primary N) is 1. The Kier molecular flexibility index (Phi) is 4.40. The summed E-state index contributed by atoms with van der Waals surface area (Å²) in [5, 5.41) is 0.0185. The smallest absolute Gasteiger partial charge is 0.279 e. The molecule has 0 aliphatic carbocycles. The van der Waals surface area contributed by atoms with Crippen LogP contribution >= 0.6 is 31.9 Å². The van der Waals surface area contributed by atoms with Crippen LogP contribution in [-0.2, 0) is 16.4 Å². The van der Waals surface area contributed by atoms with Crippen molar-refractivity contribution < 1.29 is 8.42 Å². The predicted molar refractivity (Wildman–Crippen MR) is 85.0 cm³/mol. The highest BCUT2D eigenvalue weighted by Gasteiger charge is 2.20. The van der Waals surface area contributed by atoms with E-state index in [4.69, 9.17) is 5.73 Å². The van der Waals surface area contributed by atoms with Crippen molar-refractivity contribution in [1.29, 1.82) is 0 Å². The molecule has 108 valence electrons. The summed E-state index contributed by atoms with van der Waals surface area (Å²) in [6.45, 7) is 1.88. The maximum absolute atomic E-state index is 12.3. The Morgan fingerprint density at radius 3 is 2.45 bits per heavy atom. The molecule has 0 fully saturated rings. The Labute approximate surface area is 133 Å². The summed E-state index contributed by atoms with van der Waals surface area (Å²) in [6, 6.07) is 3.24. The summed E-state index contributed by atoms with van der Waals surface area (Å²) < 4.78 is 28.1. The van der Waals surface area contributed by atoms with Gasteiger partial charge in [0.05, 0.1) is 11.9 Å². The van der Waals surface area contributed by atoms with Crippen LogP contribution in [0.3, 0.4) is 0 Å². The van der Waals surface area contributed by atoms with E-state index in [1.54, 1.807) is 12.1 Å². The summed E-state index contributed by atoms with van der Waals surface area (Å²) in [5.74, 6) is 0.612. The molecule has 1 aromatic carbocycles. The van der Waals surface area contributed by atoms with E-state index in [0.717, 1.165) is 0 Å². The molecule has 0 atom stereocenters. The fourth-order valence-corrected chi connectivity index (χ4v) is 4.26. The van der Waals surface area contributed by atoms with Crippen LogP contribution < -0.4 is 10.5 Å². The van der Waals surface area contributed by atoms with Crippen molar-refractivity contribution in [2.24, 2.45) is 0 Å². The normalized spacial score (nSPS) is 11.6. The Balaban J connectivity index is 2.38. The van der Waals surface area contributed by atoms with Crippen LogP contribution in [0.4, 0.5) is 11.4 Å². The zero-order valence-corrected chi connectivity index (χ0v) is 14.4. The Bertz CT molecular complexity index is 720. The number of hydrogen-bond acceptors (Lipinski definition) is 4. The average molecular weight is 424 g/mol. The molecule has 2 rings (SSSR count). The fraction of sp³-hybridized carbons (Fsp3) is 0.182. The van der Waals surface area contributed by atoms with Crippen molar-refractivity contribution in [3.8, 4) is 0 Å². The van der Waals surface area contributed by atoms with E-state index in [0.29, 0.717) is 32.6 Å². The van der Waals surface area contributed by atoms with Crippen molar-refractivity contribution in [3.05, 3.63) is 33.1 Å². The van der Waals surface area contributed by atoms with Crippen LogP contribution in [0.15, 0.2) is 32.3 Å². The summed E-state index contributed by atoms with van der Waals surface area (Å²) in [7, 11) is -3.73. The lowest BCUT2D eigenvalue weighted by Gasteiger charge is -2.11. The van der Waals surface area contributed by atoms with Gasteiger partial charge in [-0.3, -0.25) is 4.72 Å². The second-order valence-corrected chi connectivity index (χ2v) is 7.37. The number of nitrogen functional groups attached to an aromatic ring is 1. The van der Waals surface area contributed by atoms with Gasteiger partial charge < -0.3 is 10.7 Å². The minimum atomic E-state index is -3.73. The number of imidazole rings is 1. The first-order valence-corrected chi connectivity index (χ1v) is 8.71. The first-order chi connectivity index (χ1) is 9.33. The maximum atomic E-state index is 12.3. The number of benzene rings is 1. The Hall–Kier alpha value is -1.06. The van der Waals surface area contributed by atoms with Crippen LogP contribution in [-0.4, -0.2) is 18.4 Å². The number of nitrogens with zero attached hydrogens (tertiary/aromatic N) is 1. The quantitative estimate of drug-likeness (QED) is 0.658. The van der Waals surface area contributed by atoms with Gasteiger partial charge in [0.25, 0.3) is 10.0 Å². The molecule has 0 spiro atoms. The number of halogens is 2. The molecule has 20 heavy (non-hydrogen) atoms. The topological polar surface area (TPSA) is 101 Å². The SMILES string of the molecule is CCc1ncc(S(=O)(=O)Nc2c(Br)cc(N)cc2Br)[nH]1. The van der Waals surface area contributed by atoms with Crippen LogP contribution in [0, 0.1) is 0 Å². The third-order valence-electron chi connectivity index (χ3n) is 2.53. The first-order valence-electron chi connectivity index (χ1n) is 5.64. The predicted octanol–water partition coefficient (Wildman–Crippen LogP) is 2.88. The van der Waals surface area contributed by atoms with Crippen LogP contribution in [0.25, 0.3) is 0 Å². The third kappa shape index (κ3) is 3.15. The standard InChI is InChI=1S/C11H12Br2N4O2S/c1-2-9-15-5-10(16-9)20(18,19)17-11-7(12)3-6(14)4-8(11)13/h3-5,17H,2,14H2,1H3,(H,15,16). The molecule has 2 aromatic rings. The number of aromatic nitrogens is 2. The van der Waals surface area contributed by atoms with Gasteiger partial charge in [-0.1, -0.05) is 6.92 Å². The molecule has 0 unspecified atom stereocenters. The van der Waals surface area contributed by atoms with Crippen LogP contribution in [0.2, 0.25) is 0 Å². The highest BCUT2D eigenvalue weighted by atomic mass is 79.9. The number of H-pyrrole nitrogens is 1. The molecule has 0 saturated heterocycles. The van der Waals surface area contributed by atoms with Crippen LogP contribution in [0.5, 0.6) is 0 Å². The van der Waals surface area contributed by atoms with Crippen molar-refractivity contribution >= 4 is 53.3 Å². The molecular weight excluding hydrogens is 412 g/mol. The molecule has 0 bridgehead atoms. The number of aromatic amines is 1. The number of nitrogens with one attached hydrogen (secondary N) is 2. The average Bonchev–Trinajstić information content (AvgIpc) is 2.83. The largest absolute Gasteiger partial charge is 0.399 e. The molecular formula is C11H12Br2N4O2S. The van der Waals surface area contributed by atoms with Gasteiger partial charge in [-0.2, -0.15) is 8.42 Å². The molecule has 0 radical (unpaired) electrons. The highest BCUT2D eigenvalue weighted by molar-refractivity contribution is 9.11. The zero-order valence-electron chi connectivity index (χ0n) is 10.4. The van der Waals surface area contributed by atoms with Crippen LogP contribution in [0.1, 0.15) is 12.7 Å². The number of aryl methyl sites for hydroxylation is 1. The van der Waals surface area contributed by atoms with Gasteiger partial charge in [0, 0.05) is 21.1 Å². The van der Waals surface area contributed by atoms with Crippen molar-refractivity contribution in [1.82, 2.24) is 9.97 Å². The van der Waals surface area contributed by atoms with Crippen molar-refractivity contribution in [2.75, 3.05) is 10.5 Å². The van der Waals surface area contributed by atoms with Crippen molar-refractivity contribution in [3.63, 3.8) is 0 Å². The lowest BCUT2D eigenvalue weighted by atomic mass is 10.3. The molecule has 0 aliphatic heterocycles. The Morgan fingerprint density at radius 2 is 1.95 bits per heavy atom. The fourth-order valence-electron chi connectivity index (χ4n) is 1.54. The molecule has 0 aliphatic rings. The molecule has 1 heterocycles. The summed E-state index contributed by atoms with van der Waals surface area (Å²) in [4.78, 5) is 6.74. The molecule has 0 saturated carbocycles. The Morgan fingerprint density at radius 1 is 1.35 bits per heavy atom. The second kappa shape index (κ2) is 5.74. The van der Waals surface area contributed by atoms with Gasteiger partial charge in [-0.15, -0.1) is 0 Å². The monoisotopic (exact) mass is 422 g/mol. The van der Waals surface area contributed by atoms with E-state index >= 15 is 0 Å². The van der Waals surface area contributed by atoms with Gasteiger partial charge in [0.1, 0.15) is 5.82 Å². The number of rotatable bonds is 4.